The first-order valence-corrected chi connectivity index (χ1v) is 5.33. The fourth-order valence-electron chi connectivity index (χ4n) is 1.71. The Kier molecular flexibility index (Phi) is 3.19. The maximum absolute atomic E-state index is 12.2. The number of carbonyl (C=O) groups is 1. The van der Waals surface area contributed by atoms with Gasteiger partial charge in [0.2, 0.25) is 5.78 Å². The van der Waals surface area contributed by atoms with Gasteiger partial charge in [-0.15, -0.1) is 0 Å². The van der Waals surface area contributed by atoms with Crippen LogP contribution in [0.4, 0.5) is 0 Å². The molecule has 92 valence electrons. The molecule has 0 spiro atoms. The van der Waals surface area contributed by atoms with Gasteiger partial charge in [0, 0.05) is 17.7 Å². The van der Waals surface area contributed by atoms with Crippen molar-refractivity contribution in [2.24, 2.45) is 0 Å². The highest BCUT2D eigenvalue weighted by Gasteiger charge is 2.19. The van der Waals surface area contributed by atoms with Crippen LogP contribution in [0.15, 0.2) is 42.5 Å². The number of aromatic hydroxyl groups is 2. The molecular weight excluding hydrogens is 232 g/mol. The Bertz CT molecular complexity index is 576. The van der Waals surface area contributed by atoms with Crippen LogP contribution < -0.4 is 4.74 Å². The molecule has 18 heavy (non-hydrogen) atoms. The van der Waals surface area contributed by atoms with Crippen molar-refractivity contribution in [3.63, 3.8) is 0 Å². The molecule has 0 radical (unpaired) electrons. The minimum Gasteiger partial charge on any atom is -0.508 e. The summed E-state index contributed by atoms with van der Waals surface area (Å²) in [6.45, 7) is 0. The van der Waals surface area contributed by atoms with Gasteiger partial charge in [-0.2, -0.15) is 0 Å². The highest BCUT2D eigenvalue weighted by atomic mass is 16.5. The molecule has 0 fully saturated rings. The van der Waals surface area contributed by atoms with E-state index in [0.717, 1.165) is 6.07 Å². The summed E-state index contributed by atoms with van der Waals surface area (Å²) in [5, 5.41) is 19.1. The van der Waals surface area contributed by atoms with Crippen molar-refractivity contribution >= 4 is 5.78 Å². The van der Waals surface area contributed by atoms with Gasteiger partial charge < -0.3 is 14.9 Å². The summed E-state index contributed by atoms with van der Waals surface area (Å²) in [6, 6.07) is 11.0. The van der Waals surface area contributed by atoms with E-state index in [1.807, 2.05) is 0 Å². The topological polar surface area (TPSA) is 66.8 Å². The van der Waals surface area contributed by atoms with E-state index in [1.165, 1.54) is 13.2 Å². The quantitative estimate of drug-likeness (QED) is 0.813. The lowest BCUT2D eigenvalue weighted by Crippen LogP contribution is -2.04. The van der Waals surface area contributed by atoms with E-state index in [2.05, 4.69) is 0 Å². The van der Waals surface area contributed by atoms with Crippen LogP contribution in [0, 0.1) is 0 Å². The minimum absolute atomic E-state index is 0.0431. The van der Waals surface area contributed by atoms with Crippen molar-refractivity contribution in [1.29, 1.82) is 0 Å². The first kappa shape index (κ1) is 12.0. The van der Waals surface area contributed by atoms with Crippen LogP contribution in [-0.4, -0.2) is 23.1 Å². The number of carbonyl (C=O) groups excluding carboxylic acids is 1. The summed E-state index contributed by atoms with van der Waals surface area (Å²) in [4.78, 5) is 12.2. The predicted octanol–water partition coefficient (Wildman–Crippen LogP) is 2.34. The van der Waals surface area contributed by atoms with Gasteiger partial charge in [-0.3, -0.25) is 4.79 Å². The Morgan fingerprint density at radius 1 is 1.11 bits per heavy atom. The van der Waals surface area contributed by atoms with Crippen molar-refractivity contribution in [3.8, 4) is 17.2 Å². The number of methoxy groups -OCH3 is 1. The van der Waals surface area contributed by atoms with E-state index >= 15 is 0 Å². The molecule has 0 aliphatic rings. The van der Waals surface area contributed by atoms with Crippen LogP contribution in [0.25, 0.3) is 0 Å². The fourth-order valence-corrected chi connectivity index (χ4v) is 1.71. The maximum atomic E-state index is 12.2. The monoisotopic (exact) mass is 244 g/mol. The molecule has 0 aliphatic carbocycles. The summed E-state index contributed by atoms with van der Waals surface area (Å²) >= 11 is 0. The average molecular weight is 244 g/mol. The van der Waals surface area contributed by atoms with E-state index in [9.17, 15) is 15.0 Å². The smallest absolute Gasteiger partial charge is 0.200 e. The van der Waals surface area contributed by atoms with Crippen molar-refractivity contribution in [2.45, 2.75) is 0 Å². The predicted molar refractivity (Wildman–Crippen MR) is 66.2 cm³/mol. The Balaban J connectivity index is 2.55. The van der Waals surface area contributed by atoms with Crippen molar-refractivity contribution in [2.75, 3.05) is 7.11 Å². The first-order chi connectivity index (χ1) is 8.63. The summed E-state index contributed by atoms with van der Waals surface area (Å²) in [5.41, 5.74) is 0.485. The lowest BCUT2D eigenvalue weighted by atomic mass is 10.0. The molecule has 0 atom stereocenters. The van der Waals surface area contributed by atoms with E-state index in [4.69, 9.17) is 4.74 Å². The van der Waals surface area contributed by atoms with Crippen LogP contribution in [0.3, 0.4) is 0 Å². The van der Waals surface area contributed by atoms with Gasteiger partial charge >= 0.3 is 0 Å². The molecule has 4 nitrogen and oxygen atoms in total. The van der Waals surface area contributed by atoms with Gasteiger partial charge in [-0.05, 0) is 0 Å². The molecule has 0 bridgehead atoms. The van der Waals surface area contributed by atoms with Gasteiger partial charge in [0.25, 0.3) is 0 Å². The molecule has 4 heteroatoms. The normalized spacial score (nSPS) is 10.1. The molecule has 0 saturated carbocycles. The largest absolute Gasteiger partial charge is 0.508 e. The number of phenolic OH excluding ortho intramolecular Hbond substituents is 2. The molecule has 0 heterocycles. The van der Waals surface area contributed by atoms with E-state index in [-0.39, 0.29) is 28.6 Å². The zero-order valence-corrected chi connectivity index (χ0v) is 9.75. The number of ketones is 1. The molecule has 2 rings (SSSR count). The summed E-state index contributed by atoms with van der Waals surface area (Å²) in [7, 11) is 1.37. The Labute approximate surface area is 104 Å². The van der Waals surface area contributed by atoms with Crippen LogP contribution in [0.2, 0.25) is 0 Å². The molecular formula is C14H12O4. The third-order valence-corrected chi connectivity index (χ3v) is 2.55. The Morgan fingerprint density at radius 3 is 2.39 bits per heavy atom. The molecule has 2 aromatic rings. The second-order valence-electron chi connectivity index (χ2n) is 3.74. The van der Waals surface area contributed by atoms with Crippen molar-refractivity contribution in [1.82, 2.24) is 0 Å². The second kappa shape index (κ2) is 4.79. The maximum Gasteiger partial charge on any atom is 0.200 e. The summed E-state index contributed by atoms with van der Waals surface area (Å²) < 4.78 is 5.01. The number of phenols is 2. The summed E-state index contributed by atoms with van der Waals surface area (Å²) in [6.07, 6.45) is 0. The summed E-state index contributed by atoms with van der Waals surface area (Å²) in [5.74, 6) is -0.680. The standard InChI is InChI=1S/C14H12O4/c1-18-12-8-10(15)7-11(16)13(12)14(17)9-5-3-2-4-6-9/h2-8,15-16H,1H3. The van der Waals surface area contributed by atoms with Crippen LogP contribution in [0.1, 0.15) is 15.9 Å². The SMILES string of the molecule is COc1cc(O)cc(O)c1C(=O)c1ccccc1. The number of benzene rings is 2. The third kappa shape index (κ3) is 2.13. The Hall–Kier alpha value is -2.49. The van der Waals surface area contributed by atoms with Gasteiger partial charge in [-0.25, -0.2) is 0 Å². The number of hydrogen-bond donors (Lipinski definition) is 2. The first-order valence-electron chi connectivity index (χ1n) is 5.33. The van der Waals surface area contributed by atoms with E-state index in [0.29, 0.717) is 5.56 Å². The Morgan fingerprint density at radius 2 is 1.78 bits per heavy atom. The molecule has 0 saturated heterocycles. The van der Waals surface area contributed by atoms with Gasteiger partial charge in [0.05, 0.1) is 7.11 Å². The molecule has 0 unspecified atom stereocenters. The van der Waals surface area contributed by atoms with E-state index in [1.54, 1.807) is 30.3 Å². The lowest BCUT2D eigenvalue weighted by Gasteiger charge is -2.10. The lowest BCUT2D eigenvalue weighted by molar-refractivity contribution is 0.103. The minimum atomic E-state index is -0.357. The molecule has 0 amide bonds. The molecule has 0 aromatic heterocycles. The molecule has 0 aliphatic heterocycles. The highest BCUT2D eigenvalue weighted by Crippen LogP contribution is 2.34. The van der Waals surface area contributed by atoms with Crippen LogP contribution in [-0.2, 0) is 0 Å². The number of rotatable bonds is 3. The molecule has 2 N–H and O–H groups in total. The van der Waals surface area contributed by atoms with Crippen molar-refractivity contribution < 1.29 is 19.7 Å². The average Bonchev–Trinajstić information content (AvgIpc) is 2.38. The van der Waals surface area contributed by atoms with Crippen molar-refractivity contribution in [3.05, 3.63) is 53.6 Å². The highest BCUT2D eigenvalue weighted by molar-refractivity contribution is 6.12. The third-order valence-electron chi connectivity index (χ3n) is 2.55. The number of hydrogen-bond acceptors (Lipinski definition) is 4. The van der Waals surface area contributed by atoms with Crippen LogP contribution in [0.5, 0.6) is 17.2 Å². The van der Waals surface area contributed by atoms with Gasteiger partial charge in [0.1, 0.15) is 22.8 Å². The molecule has 2 aromatic carbocycles. The zero-order valence-electron chi connectivity index (χ0n) is 9.75. The number of ether oxygens (including phenoxy) is 1. The van der Waals surface area contributed by atoms with Gasteiger partial charge in [0.15, 0.2) is 0 Å². The van der Waals surface area contributed by atoms with E-state index < -0.39 is 0 Å². The zero-order chi connectivity index (χ0) is 13.1. The van der Waals surface area contributed by atoms with Crippen LogP contribution >= 0.6 is 0 Å². The fraction of sp³-hybridized carbons (Fsp3) is 0.0714. The second-order valence-corrected chi connectivity index (χ2v) is 3.74. The van der Waals surface area contributed by atoms with Gasteiger partial charge in [-0.1, -0.05) is 30.3 Å².